The first-order valence-electron chi connectivity index (χ1n) is 12.8. The van der Waals surface area contributed by atoms with Crippen LogP contribution >= 0.6 is 27.7 Å². The molecule has 0 aromatic rings. The Bertz CT molecular complexity index is 850. The number of hydrogen-bond donors (Lipinski definition) is 1. The van der Waals surface area contributed by atoms with Gasteiger partial charge in [-0.1, -0.05) is 53.9 Å². The van der Waals surface area contributed by atoms with Crippen LogP contribution in [-0.2, 0) is 19.1 Å². The molecular weight excluding hydrogens is 532 g/mol. The third-order valence-electron chi connectivity index (χ3n) is 8.07. The smallest absolute Gasteiger partial charge is 0.311 e. The van der Waals surface area contributed by atoms with E-state index in [1.165, 1.54) is 12.5 Å². The summed E-state index contributed by atoms with van der Waals surface area (Å²) in [6.07, 6.45) is 10.4. The molecule has 0 aromatic carbocycles. The lowest BCUT2D eigenvalue weighted by molar-refractivity contribution is -0.153. The maximum Gasteiger partial charge on any atom is 0.311 e. The predicted molar refractivity (Wildman–Crippen MR) is 140 cm³/mol. The normalized spacial score (nSPS) is 34.1. The minimum absolute atomic E-state index is 0.0213. The minimum Gasteiger partial charge on any atom is -0.461 e. The minimum atomic E-state index is -0.668. The van der Waals surface area contributed by atoms with Crippen molar-refractivity contribution in [3.8, 4) is 0 Å². The molecule has 9 heteroatoms. The highest BCUT2D eigenvalue weighted by atomic mass is 79.9. The summed E-state index contributed by atoms with van der Waals surface area (Å²) in [7, 11) is 0. The fourth-order valence-corrected chi connectivity index (χ4v) is 10.3. The van der Waals surface area contributed by atoms with E-state index < -0.39 is 22.6 Å². The molecule has 3 aliphatic heterocycles. The molecule has 35 heavy (non-hydrogen) atoms. The number of hydrogen-bond acceptors (Lipinski definition) is 6. The molecule has 2 amide bonds. The van der Waals surface area contributed by atoms with Crippen molar-refractivity contribution in [3.63, 3.8) is 0 Å². The SMILES string of the molecule is C=CCOC(=O)[C@H]1[C@H]2C(=O)N(CCCCO)C(C(=O)N(CC=C)C3CCCCC3)C23CC(Br)[C@@H]1S3. The molecule has 3 heterocycles. The van der Waals surface area contributed by atoms with Gasteiger partial charge in [0.2, 0.25) is 11.8 Å². The number of rotatable bonds is 11. The molecule has 2 bridgehead atoms. The predicted octanol–water partition coefficient (Wildman–Crippen LogP) is 3.30. The Hall–Kier alpha value is -1.32. The van der Waals surface area contributed by atoms with Gasteiger partial charge in [0.1, 0.15) is 12.6 Å². The first-order valence-corrected chi connectivity index (χ1v) is 14.6. The van der Waals surface area contributed by atoms with E-state index in [-0.39, 0.29) is 47.1 Å². The molecule has 0 radical (unpaired) electrons. The van der Waals surface area contributed by atoms with Crippen LogP contribution in [-0.4, -0.2) is 85.9 Å². The average Bonchev–Trinajstić information content (AvgIpc) is 3.45. The van der Waals surface area contributed by atoms with E-state index in [2.05, 4.69) is 29.1 Å². The van der Waals surface area contributed by atoms with Crippen molar-refractivity contribution in [1.29, 1.82) is 0 Å². The summed E-state index contributed by atoms with van der Waals surface area (Å²) in [5, 5.41) is 9.22. The number of nitrogens with zero attached hydrogens (tertiary/aromatic N) is 2. The van der Waals surface area contributed by atoms with Crippen LogP contribution in [0, 0.1) is 11.8 Å². The van der Waals surface area contributed by atoms with Crippen molar-refractivity contribution in [3.05, 3.63) is 25.3 Å². The molecular formula is C26H37BrN2O5S. The van der Waals surface area contributed by atoms with Gasteiger partial charge in [-0.2, -0.15) is 0 Å². The van der Waals surface area contributed by atoms with Gasteiger partial charge < -0.3 is 19.6 Å². The summed E-state index contributed by atoms with van der Waals surface area (Å²) in [6, 6.07) is -0.483. The van der Waals surface area contributed by atoms with E-state index in [1.54, 1.807) is 22.7 Å². The molecule has 6 atom stereocenters. The second-order valence-corrected chi connectivity index (χ2v) is 12.8. The largest absolute Gasteiger partial charge is 0.461 e. The molecule has 1 spiro atoms. The van der Waals surface area contributed by atoms with Crippen LogP contribution in [0.15, 0.2) is 25.3 Å². The summed E-state index contributed by atoms with van der Waals surface area (Å²) >= 11 is 5.41. The summed E-state index contributed by atoms with van der Waals surface area (Å²) in [5.41, 5.74) is 0. The summed E-state index contributed by atoms with van der Waals surface area (Å²) < 4.78 is 4.77. The second kappa shape index (κ2) is 11.4. The van der Waals surface area contributed by atoms with Crippen LogP contribution < -0.4 is 0 Å². The second-order valence-electron chi connectivity index (χ2n) is 10.1. The van der Waals surface area contributed by atoms with Crippen molar-refractivity contribution in [2.24, 2.45) is 11.8 Å². The molecule has 4 fully saturated rings. The number of ether oxygens (including phenoxy) is 1. The van der Waals surface area contributed by atoms with Crippen molar-refractivity contribution >= 4 is 45.5 Å². The van der Waals surface area contributed by atoms with Gasteiger partial charge in [0, 0.05) is 35.8 Å². The lowest BCUT2D eigenvalue weighted by Gasteiger charge is -2.41. The number of aliphatic hydroxyl groups is 1. The molecule has 0 aromatic heterocycles. The number of halogens is 1. The number of esters is 1. The van der Waals surface area contributed by atoms with Gasteiger partial charge in [0.25, 0.3) is 0 Å². The van der Waals surface area contributed by atoms with E-state index in [0.29, 0.717) is 32.4 Å². The fraction of sp³-hybridized carbons (Fsp3) is 0.731. The molecule has 194 valence electrons. The molecule has 3 saturated heterocycles. The standard InChI is InChI=1S/C26H37BrN2O5S/c1-3-12-28(17-10-6-5-7-11-17)24(32)22-26-16-18(27)21(35-26)19(25(33)34-15-4-2)20(26)23(31)29(22)13-8-9-14-30/h3-4,17-22,30H,1-2,5-16H2/t18?,19-,20-,21-,22?,26?/m0/s1. The summed E-state index contributed by atoms with van der Waals surface area (Å²) in [6.45, 7) is 8.52. The maximum atomic E-state index is 14.4. The van der Waals surface area contributed by atoms with E-state index >= 15 is 0 Å². The number of thioether (sulfide) groups is 1. The Morgan fingerprint density at radius 3 is 2.63 bits per heavy atom. The Kier molecular flexibility index (Phi) is 8.69. The highest BCUT2D eigenvalue weighted by Crippen LogP contribution is 2.68. The van der Waals surface area contributed by atoms with Crippen molar-refractivity contribution < 1.29 is 24.2 Å². The van der Waals surface area contributed by atoms with E-state index in [9.17, 15) is 19.5 Å². The van der Waals surface area contributed by atoms with Gasteiger partial charge in [0.15, 0.2) is 0 Å². The maximum absolute atomic E-state index is 14.4. The number of alkyl halides is 1. The Morgan fingerprint density at radius 2 is 1.97 bits per heavy atom. The van der Waals surface area contributed by atoms with Crippen molar-refractivity contribution in [2.45, 2.75) is 78.3 Å². The number of amides is 2. The van der Waals surface area contributed by atoms with Crippen LogP contribution in [0.3, 0.4) is 0 Å². The zero-order valence-corrected chi connectivity index (χ0v) is 22.7. The lowest BCUT2D eigenvalue weighted by Crippen LogP contribution is -2.57. The van der Waals surface area contributed by atoms with E-state index in [1.807, 2.05) is 4.90 Å². The number of carbonyl (C=O) groups excluding carboxylic acids is 3. The fourth-order valence-electron chi connectivity index (χ4n) is 6.66. The van der Waals surface area contributed by atoms with E-state index in [4.69, 9.17) is 4.74 Å². The van der Waals surface area contributed by atoms with Gasteiger partial charge in [-0.15, -0.1) is 18.3 Å². The van der Waals surface area contributed by atoms with Crippen LogP contribution in [0.1, 0.15) is 51.4 Å². The van der Waals surface area contributed by atoms with Crippen molar-refractivity contribution in [1.82, 2.24) is 9.80 Å². The first kappa shape index (κ1) is 26.7. The number of carbonyl (C=O) groups is 3. The van der Waals surface area contributed by atoms with Gasteiger partial charge in [-0.25, -0.2) is 0 Å². The lowest BCUT2D eigenvalue weighted by atomic mass is 9.71. The number of likely N-dealkylation sites (tertiary alicyclic amines) is 1. The Morgan fingerprint density at radius 1 is 1.23 bits per heavy atom. The first-order chi connectivity index (χ1) is 16.9. The van der Waals surface area contributed by atoms with Gasteiger partial charge in [-0.3, -0.25) is 14.4 Å². The van der Waals surface area contributed by atoms with Gasteiger partial charge >= 0.3 is 5.97 Å². The monoisotopic (exact) mass is 568 g/mol. The topological polar surface area (TPSA) is 87.1 Å². The summed E-state index contributed by atoms with van der Waals surface area (Å²) in [4.78, 5) is 45.2. The average molecular weight is 570 g/mol. The van der Waals surface area contributed by atoms with Crippen LogP contribution in [0.2, 0.25) is 0 Å². The molecule has 1 N–H and O–H groups in total. The van der Waals surface area contributed by atoms with Crippen LogP contribution in [0.5, 0.6) is 0 Å². The van der Waals surface area contributed by atoms with Gasteiger partial charge in [0.05, 0.1) is 16.6 Å². The third-order valence-corrected chi connectivity index (χ3v) is 11.3. The molecule has 3 unspecified atom stereocenters. The van der Waals surface area contributed by atoms with Crippen LogP contribution in [0.4, 0.5) is 0 Å². The van der Waals surface area contributed by atoms with Crippen molar-refractivity contribution in [2.75, 3.05) is 26.3 Å². The zero-order chi connectivity index (χ0) is 25.2. The highest BCUT2D eigenvalue weighted by molar-refractivity contribution is 9.09. The van der Waals surface area contributed by atoms with Gasteiger partial charge in [-0.05, 0) is 32.1 Å². The third kappa shape index (κ3) is 4.73. The summed E-state index contributed by atoms with van der Waals surface area (Å²) in [5.74, 6) is -1.71. The molecule has 1 aliphatic carbocycles. The number of unbranched alkanes of at least 4 members (excludes halogenated alkanes) is 1. The molecule has 7 nitrogen and oxygen atoms in total. The number of aliphatic hydroxyl groups excluding tert-OH is 1. The Labute approximate surface area is 220 Å². The molecule has 4 aliphatic rings. The quantitative estimate of drug-likeness (QED) is 0.178. The molecule has 4 rings (SSSR count). The Balaban J connectivity index is 1.71. The van der Waals surface area contributed by atoms with E-state index in [0.717, 1.165) is 25.7 Å². The van der Waals surface area contributed by atoms with Crippen LogP contribution in [0.25, 0.3) is 0 Å². The highest BCUT2D eigenvalue weighted by Gasteiger charge is 2.76. The zero-order valence-electron chi connectivity index (χ0n) is 20.3. The number of fused-ring (bicyclic) bond motifs is 1. The molecule has 1 saturated carbocycles.